The zero-order valence-corrected chi connectivity index (χ0v) is 19.4. The van der Waals surface area contributed by atoms with Crippen molar-refractivity contribution in [3.63, 3.8) is 0 Å². The number of aromatic amines is 1. The average molecular weight is 467 g/mol. The van der Waals surface area contributed by atoms with Crippen LogP contribution in [0.4, 0.5) is 20.6 Å². The summed E-state index contributed by atoms with van der Waals surface area (Å²) in [5, 5.41) is 6.41. The molecule has 0 bridgehead atoms. The second-order valence-corrected chi connectivity index (χ2v) is 7.82. The van der Waals surface area contributed by atoms with Crippen LogP contribution in [-0.2, 0) is 11.2 Å². The molecule has 3 aromatic rings. The number of hydrogen-bond acceptors (Lipinski definition) is 4. The Bertz CT molecular complexity index is 1130. The number of carbonyl (C=O) groups excluding carboxylic acids is 2. The van der Waals surface area contributed by atoms with Gasteiger partial charge in [0.2, 0.25) is 5.91 Å². The summed E-state index contributed by atoms with van der Waals surface area (Å²) in [6, 6.07) is 13.4. The fraction of sp³-hybridized carbons (Fsp3) is 0.320. The molecule has 2 aromatic carbocycles. The number of halogens is 1. The molecule has 8 nitrogen and oxygen atoms in total. The van der Waals surface area contributed by atoms with E-state index in [1.807, 2.05) is 44.2 Å². The van der Waals surface area contributed by atoms with E-state index in [0.717, 1.165) is 16.5 Å². The van der Waals surface area contributed by atoms with Crippen molar-refractivity contribution in [2.24, 2.45) is 10.7 Å². The van der Waals surface area contributed by atoms with Gasteiger partial charge in [0.05, 0.1) is 12.6 Å². The number of para-hydroxylation sites is 1. The van der Waals surface area contributed by atoms with Crippen LogP contribution in [0.5, 0.6) is 0 Å². The van der Waals surface area contributed by atoms with Crippen molar-refractivity contribution in [3.05, 3.63) is 60.3 Å². The molecule has 0 saturated carbocycles. The molecule has 5 N–H and O–H groups in total. The van der Waals surface area contributed by atoms with E-state index in [1.165, 1.54) is 4.90 Å². The molecule has 1 aliphatic rings. The highest BCUT2D eigenvalue weighted by Gasteiger charge is 2.36. The highest BCUT2D eigenvalue weighted by Crippen LogP contribution is 2.26. The largest absolute Gasteiger partial charge is 0.361 e. The van der Waals surface area contributed by atoms with Crippen molar-refractivity contribution in [1.29, 1.82) is 0 Å². The van der Waals surface area contributed by atoms with Gasteiger partial charge in [-0.2, -0.15) is 0 Å². The van der Waals surface area contributed by atoms with Crippen LogP contribution in [-0.4, -0.2) is 53.5 Å². The van der Waals surface area contributed by atoms with Gasteiger partial charge in [-0.1, -0.05) is 32.0 Å². The molecule has 1 fully saturated rings. The molecule has 0 radical (unpaired) electrons. The molecule has 9 heteroatoms. The summed E-state index contributed by atoms with van der Waals surface area (Å²) < 4.78 is 13.7. The van der Waals surface area contributed by atoms with Gasteiger partial charge in [0.25, 0.3) is 0 Å². The van der Waals surface area contributed by atoms with Crippen molar-refractivity contribution in [2.75, 3.05) is 17.2 Å². The summed E-state index contributed by atoms with van der Waals surface area (Å²) in [6.07, 6.45) is 0.498. The molecule has 1 aromatic heterocycles. The number of benzene rings is 2. The fourth-order valence-corrected chi connectivity index (χ4v) is 3.95. The predicted octanol–water partition coefficient (Wildman–Crippen LogP) is 4.31. The molecule has 0 spiro atoms. The third kappa shape index (κ3) is 5.79. The third-order valence-electron chi connectivity index (χ3n) is 5.53. The Hall–Kier alpha value is -3.72. The Morgan fingerprint density at radius 1 is 1.21 bits per heavy atom. The lowest BCUT2D eigenvalue weighted by atomic mass is 10.0. The maximum absolute atomic E-state index is 13.7. The second-order valence-electron chi connectivity index (χ2n) is 7.82. The number of aromatic nitrogens is 1. The number of nitrogens with zero attached hydrogens (tertiary/aromatic N) is 2. The normalized spacial score (nSPS) is 18.1. The standard InChI is InChI=1S/C23H25FN6O2.C2H6/c1-26-21-10-15(24)13-30(21)22(31)19(25)9-14-12-27-20-8-7-17(11-18(14)20)29-23(32)28-16-5-3-2-4-6-16;1-2/h2-8,11-12,15,19,21,27H,1,9-10,13,25H2,(H2,28,29,32);1-2H3. The maximum atomic E-state index is 13.7. The SMILES string of the molecule is C=NC1CC(F)CN1C(=O)C(N)Cc1c[nH]c2ccc(NC(=O)Nc3ccccc3)cc12.CC. The van der Waals surface area contributed by atoms with Crippen LogP contribution in [0.25, 0.3) is 10.9 Å². The van der Waals surface area contributed by atoms with Crippen LogP contribution in [0.1, 0.15) is 25.8 Å². The van der Waals surface area contributed by atoms with E-state index in [1.54, 1.807) is 24.4 Å². The van der Waals surface area contributed by atoms with Crippen molar-refractivity contribution >= 4 is 40.9 Å². The molecule has 2 heterocycles. The van der Waals surface area contributed by atoms with Gasteiger partial charge in [0, 0.05) is 34.9 Å². The number of amides is 3. The summed E-state index contributed by atoms with van der Waals surface area (Å²) in [4.78, 5) is 33.4. The first-order valence-corrected chi connectivity index (χ1v) is 11.3. The Labute approximate surface area is 198 Å². The zero-order chi connectivity index (χ0) is 24.7. The molecule has 3 amide bonds. The third-order valence-corrected chi connectivity index (χ3v) is 5.53. The van der Waals surface area contributed by atoms with Gasteiger partial charge >= 0.3 is 6.03 Å². The minimum absolute atomic E-state index is 0.0191. The monoisotopic (exact) mass is 466 g/mol. The lowest BCUT2D eigenvalue weighted by molar-refractivity contribution is -0.133. The average Bonchev–Trinajstić information content (AvgIpc) is 3.43. The van der Waals surface area contributed by atoms with Gasteiger partial charge in [-0.3, -0.25) is 9.79 Å². The number of carbonyl (C=O) groups is 2. The minimum atomic E-state index is -1.12. The Morgan fingerprint density at radius 2 is 1.91 bits per heavy atom. The van der Waals surface area contributed by atoms with E-state index in [4.69, 9.17) is 5.73 Å². The Kier molecular flexibility index (Phi) is 8.37. The Morgan fingerprint density at radius 3 is 2.62 bits per heavy atom. The van der Waals surface area contributed by atoms with E-state index in [0.29, 0.717) is 11.4 Å². The number of urea groups is 1. The summed E-state index contributed by atoms with van der Waals surface area (Å²) in [5.74, 6) is -0.353. The van der Waals surface area contributed by atoms with Gasteiger partial charge in [0.15, 0.2) is 0 Å². The van der Waals surface area contributed by atoms with E-state index < -0.39 is 18.4 Å². The number of alkyl halides is 1. The van der Waals surface area contributed by atoms with Gasteiger partial charge in [0.1, 0.15) is 12.3 Å². The molecule has 1 saturated heterocycles. The molecule has 3 atom stereocenters. The summed E-state index contributed by atoms with van der Waals surface area (Å²) in [5.41, 5.74) is 9.14. The van der Waals surface area contributed by atoms with Crippen LogP contribution < -0.4 is 16.4 Å². The van der Waals surface area contributed by atoms with Crippen LogP contribution in [0.3, 0.4) is 0 Å². The molecule has 1 aliphatic heterocycles. The van der Waals surface area contributed by atoms with Crippen LogP contribution >= 0.6 is 0 Å². The maximum Gasteiger partial charge on any atom is 0.323 e. The lowest BCUT2D eigenvalue weighted by Gasteiger charge is -2.24. The molecule has 34 heavy (non-hydrogen) atoms. The number of likely N-dealkylation sites (tertiary alicyclic amines) is 1. The number of fused-ring (bicyclic) bond motifs is 1. The highest BCUT2D eigenvalue weighted by atomic mass is 19.1. The van der Waals surface area contributed by atoms with Crippen molar-refractivity contribution < 1.29 is 14.0 Å². The van der Waals surface area contributed by atoms with E-state index in [2.05, 4.69) is 27.3 Å². The van der Waals surface area contributed by atoms with E-state index in [-0.39, 0.29) is 31.3 Å². The smallest absolute Gasteiger partial charge is 0.323 e. The molecule has 4 rings (SSSR count). The number of anilines is 2. The number of nitrogens with two attached hydrogens (primary N) is 1. The van der Waals surface area contributed by atoms with Crippen LogP contribution in [0.15, 0.2) is 59.7 Å². The first-order chi connectivity index (χ1) is 16.4. The zero-order valence-electron chi connectivity index (χ0n) is 19.4. The number of aliphatic imine (C=N–C) groups is 1. The molecule has 180 valence electrons. The van der Waals surface area contributed by atoms with Gasteiger partial charge in [-0.05, 0) is 49.0 Å². The quantitative estimate of drug-likeness (QED) is 0.406. The number of rotatable bonds is 6. The van der Waals surface area contributed by atoms with Crippen LogP contribution in [0.2, 0.25) is 0 Å². The molecule has 0 aliphatic carbocycles. The predicted molar refractivity (Wildman–Crippen MR) is 135 cm³/mol. The van der Waals surface area contributed by atoms with Crippen molar-refractivity contribution in [2.45, 2.75) is 45.1 Å². The first kappa shape index (κ1) is 24.9. The lowest BCUT2D eigenvalue weighted by Crippen LogP contribution is -2.46. The number of nitrogens with one attached hydrogen (secondary N) is 3. The number of H-pyrrole nitrogens is 1. The summed E-state index contributed by atoms with van der Waals surface area (Å²) >= 11 is 0. The second kappa shape index (κ2) is 11.4. The molecular weight excluding hydrogens is 435 g/mol. The van der Waals surface area contributed by atoms with Gasteiger partial charge < -0.3 is 26.3 Å². The van der Waals surface area contributed by atoms with Crippen LogP contribution in [0, 0.1) is 0 Å². The molecule has 3 unspecified atom stereocenters. The highest BCUT2D eigenvalue weighted by molar-refractivity contribution is 6.01. The summed E-state index contributed by atoms with van der Waals surface area (Å²) in [7, 11) is 0. The van der Waals surface area contributed by atoms with E-state index in [9.17, 15) is 14.0 Å². The van der Waals surface area contributed by atoms with Crippen molar-refractivity contribution in [3.8, 4) is 0 Å². The first-order valence-electron chi connectivity index (χ1n) is 11.3. The van der Waals surface area contributed by atoms with Gasteiger partial charge in [-0.25, -0.2) is 9.18 Å². The summed E-state index contributed by atoms with van der Waals surface area (Å²) in [6.45, 7) is 7.43. The van der Waals surface area contributed by atoms with Crippen molar-refractivity contribution in [1.82, 2.24) is 9.88 Å². The fourth-order valence-electron chi connectivity index (χ4n) is 3.95. The number of hydrogen-bond donors (Lipinski definition) is 4. The molecular formula is C25H31FN6O2. The van der Waals surface area contributed by atoms with Gasteiger partial charge in [-0.15, -0.1) is 0 Å². The minimum Gasteiger partial charge on any atom is -0.361 e. The van der Waals surface area contributed by atoms with E-state index >= 15 is 0 Å². The topological polar surface area (TPSA) is 116 Å². The Balaban J connectivity index is 0.00000158.